The highest BCUT2D eigenvalue weighted by Gasteiger charge is 2.19. The van der Waals surface area contributed by atoms with Gasteiger partial charge in [-0.3, -0.25) is 14.4 Å². The molecule has 0 amide bonds. The predicted molar refractivity (Wildman–Crippen MR) is 275 cm³/mol. The number of rotatable bonds is 52. The third kappa shape index (κ3) is 50.9. The third-order valence-electron chi connectivity index (χ3n) is 12.7. The normalized spacial score (nSPS) is 12.1. The van der Waals surface area contributed by atoms with Crippen LogP contribution in [0.25, 0.3) is 0 Å². The van der Waals surface area contributed by atoms with Crippen molar-refractivity contribution in [3.05, 3.63) is 24.3 Å². The zero-order valence-electron chi connectivity index (χ0n) is 43.1. The molecule has 64 heavy (non-hydrogen) atoms. The van der Waals surface area contributed by atoms with Crippen LogP contribution in [0.1, 0.15) is 310 Å². The highest BCUT2D eigenvalue weighted by Crippen LogP contribution is 2.17. The second-order valence-electron chi connectivity index (χ2n) is 19.2. The average molecular weight is 901 g/mol. The predicted octanol–water partition coefficient (Wildman–Crippen LogP) is 18.7. The molecule has 6 heteroatoms. The smallest absolute Gasteiger partial charge is 0.306 e. The van der Waals surface area contributed by atoms with Crippen LogP contribution in [0.4, 0.5) is 0 Å². The van der Waals surface area contributed by atoms with Gasteiger partial charge in [-0.05, 0) is 51.4 Å². The van der Waals surface area contributed by atoms with Crippen LogP contribution < -0.4 is 0 Å². The molecule has 0 unspecified atom stereocenters. The van der Waals surface area contributed by atoms with E-state index in [4.69, 9.17) is 14.2 Å². The minimum absolute atomic E-state index is 0.0683. The number of hydrogen-bond donors (Lipinski definition) is 0. The molecule has 376 valence electrons. The Bertz CT molecular complexity index is 1040. The highest BCUT2D eigenvalue weighted by molar-refractivity contribution is 5.71. The van der Waals surface area contributed by atoms with Gasteiger partial charge < -0.3 is 14.2 Å². The average Bonchev–Trinajstić information content (AvgIpc) is 3.29. The molecule has 0 radical (unpaired) electrons. The molecule has 1 atom stereocenters. The fraction of sp³-hybridized carbons (Fsp3) is 0.879. The van der Waals surface area contributed by atoms with E-state index in [-0.39, 0.29) is 31.1 Å². The number of carbonyl (C=O) groups is 3. The molecule has 0 aliphatic rings. The number of unbranched alkanes of at least 4 members (excludes halogenated alkanes) is 37. The van der Waals surface area contributed by atoms with Crippen LogP contribution in [-0.2, 0) is 28.6 Å². The van der Waals surface area contributed by atoms with Gasteiger partial charge in [0.1, 0.15) is 13.2 Å². The van der Waals surface area contributed by atoms with E-state index in [0.29, 0.717) is 19.3 Å². The van der Waals surface area contributed by atoms with Gasteiger partial charge in [0.2, 0.25) is 0 Å². The van der Waals surface area contributed by atoms with Crippen LogP contribution in [0, 0.1) is 0 Å². The summed E-state index contributed by atoms with van der Waals surface area (Å²) in [6, 6.07) is 0. The molecule has 0 heterocycles. The molecule has 6 nitrogen and oxygen atoms in total. The molecule has 0 aliphatic heterocycles. The van der Waals surface area contributed by atoms with Crippen molar-refractivity contribution in [3.63, 3.8) is 0 Å². The van der Waals surface area contributed by atoms with E-state index in [1.54, 1.807) is 0 Å². The molecule has 0 aromatic carbocycles. The maximum Gasteiger partial charge on any atom is 0.306 e. The van der Waals surface area contributed by atoms with Gasteiger partial charge in [-0.15, -0.1) is 0 Å². The summed E-state index contributed by atoms with van der Waals surface area (Å²) in [6.45, 7) is 6.65. The van der Waals surface area contributed by atoms with Gasteiger partial charge in [0.25, 0.3) is 0 Å². The Morgan fingerprint density at radius 1 is 0.312 bits per heavy atom. The molecular formula is C58H108O6. The summed E-state index contributed by atoms with van der Waals surface area (Å²) < 4.78 is 16.9. The largest absolute Gasteiger partial charge is 0.462 e. The van der Waals surface area contributed by atoms with Gasteiger partial charge in [-0.2, -0.15) is 0 Å². The number of allylic oxidation sites excluding steroid dienone is 4. The van der Waals surface area contributed by atoms with Crippen molar-refractivity contribution in [2.45, 2.75) is 316 Å². The monoisotopic (exact) mass is 901 g/mol. The van der Waals surface area contributed by atoms with E-state index < -0.39 is 6.10 Å². The number of hydrogen-bond acceptors (Lipinski definition) is 6. The number of esters is 3. The first-order chi connectivity index (χ1) is 31.5. The van der Waals surface area contributed by atoms with E-state index in [1.165, 1.54) is 199 Å². The number of ether oxygens (including phenoxy) is 3. The third-order valence-corrected chi connectivity index (χ3v) is 12.7. The fourth-order valence-corrected chi connectivity index (χ4v) is 8.42. The standard InChI is InChI=1S/C58H108O6/c1-4-7-10-13-16-19-22-25-27-29-31-33-36-39-42-45-48-51-57(60)63-54-55(53-62-56(59)50-47-44-41-38-35-24-21-18-15-12-9-6-3)64-58(61)52-49-46-43-40-37-34-32-30-28-26-23-20-17-14-11-8-5-2/h16,19,25,27,55H,4-15,17-18,20-24,26,28-54H2,1-3H3/b19-16-,27-25-/t55-/m1/s1. The van der Waals surface area contributed by atoms with Crippen LogP contribution in [0.5, 0.6) is 0 Å². The quantitative estimate of drug-likeness (QED) is 0.0262. The lowest BCUT2D eigenvalue weighted by Gasteiger charge is -2.18. The minimum Gasteiger partial charge on any atom is -0.462 e. The second-order valence-corrected chi connectivity index (χ2v) is 19.2. The Balaban J connectivity index is 4.32. The molecule has 0 spiro atoms. The van der Waals surface area contributed by atoms with Crippen LogP contribution in [0.3, 0.4) is 0 Å². The summed E-state index contributed by atoms with van der Waals surface area (Å²) in [4.78, 5) is 38.1. The molecule has 0 bridgehead atoms. The van der Waals surface area contributed by atoms with Crippen molar-refractivity contribution < 1.29 is 28.6 Å². The Morgan fingerprint density at radius 2 is 0.562 bits per heavy atom. The van der Waals surface area contributed by atoms with Gasteiger partial charge in [0.05, 0.1) is 0 Å². The van der Waals surface area contributed by atoms with Crippen LogP contribution in [0.15, 0.2) is 24.3 Å². The lowest BCUT2D eigenvalue weighted by molar-refractivity contribution is -0.167. The van der Waals surface area contributed by atoms with Gasteiger partial charge in [-0.25, -0.2) is 0 Å². The van der Waals surface area contributed by atoms with E-state index in [1.807, 2.05) is 0 Å². The molecule has 0 rings (SSSR count). The van der Waals surface area contributed by atoms with E-state index in [2.05, 4.69) is 45.1 Å². The van der Waals surface area contributed by atoms with Crippen molar-refractivity contribution >= 4 is 17.9 Å². The first kappa shape index (κ1) is 61.9. The summed E-state index contributed by atoms with van der Waals surface area (Å²) in [5, 5.41) is 0. The fourth-order valence-electron chi connectivity index (χ4n) is 8.42. The van der Waals surface area contributed by atoms with Crippen molar-refractivity contribution in [2.75, 3.05) is 13.2 Å². The van der Waals surface area contributed by atoms with Crippen molar-refractivity contribution in [3.8, 4) is 0 Å². The van der Waals surface area contributed by atoms with Gasteiger partial charge >= 0.3 is 17.9 Å². The summed E-state index contributed by atoms with van der Waals surface area (Å²) in [6.07, 6.45) is 61.6. The summed E-state index contributed by atoms with van der Waals surface area (Å²) in [5.41, 5.74) is 0. The summed E-state index contributed by atoms with van der Waals surface area (Å²) >= 11 is 0. The van der Waals surface area contributed by atoms with Gasteiger partial charge in [-0.1, -0.05) is 263 Å². The maximum atomic E-state index is 12.8. The Kier molecular flexibility index (Phi) is 51.7. The maximum absolute atomic E-state index is 12.8. The second kappa shape index (κ2) is 53.5. The Morgan fingerprint density at radius 3 is 0.891 bits per heavy atom. The lowest BCUT2D eigenvalue weighted by atomic mass is 10.0. The first-order valence-electron chi connectivity index (χ1n) is 28.3. The summed E-state index contributed by atoms with van der Waals surface area (Å²) in [7, 11) is 0. The Hall–Kier alpha value is -2.11. The van der Waals surface area contributed by atoms with Gasteiger partial charge in [0.15, 0.2) is 6.10 Å². The zero-order chi connectivity index (χ0) is 46.5. The van der Waals surface area contributed by atoms with Crippen molar-refractivity contribution in [1.29, 1.82) is 0 Å². The molecular weight excluding hydrogens is 793 g/mol. The molecule has 0 aromatic heterocycles. The van der Waals surface area contributed by atoms with Crippen LogP contribution >= 0.6 is 0 Å². The number of carbonyl (C=O) groups excluding carboxylic acids is 3. The van der Waals surface area contributed by atoms with Crippen LogP contribution in [-0.4, -0.2) is 37.2 Å². The zero-order valence-corrected chi connectivity index (χ0v) is 43.1. The SMILES string of the molecule is CCCCC/C=C\C/C=C\CCCCCCCCCC(=O)OC[C@@H](COC(=O)CCCCCCCCCCCCCC)OC(=O)CCCCCCCCCCCCCCCCCCC. The molecule has 0 aromatic rings. The minimum atomic E-state index is -0.768. The van der Waals surface area contributed by atoms with Crippen molar-refractivity contribution in [1.82, 2.24) is 0 Å². The highest BCUT2D eigenvalue weighted by atomic mass is 16.6. The van der Waals surface area contributed by atoms with Gasteiger partial charge in [0, 0.05) is 19.3 Å². The molecule has 0 saturated carbocycles. The van der Waals surface area contributed by atoms with Crippen LogP contribution in [0.2, 0.25) is 0 Å². The molecule has 0 fully saturated rings. The topological polar surface area (TPSA) is 78.9 Å². The molecule has 0 N–H and O–H groups in total. The van der Waals surface area contributed by atoms with E-state index in [0.717, 1.165) is 70.6 Å². The molecule has 0 aliphatic carbocycles. The van der Waals surface area contributed by atoms with E-state index in [9.17, 15) is 14.4 Å². The lowest BCUT2D eigenvalue weighted by Crippen LogP contribution is -2.30. The first-order valence-corrected chi connectivity index (χ1v) is 28.3. The molecule has 0 saturated heterocycles. The van der Waals surface area contributed by atoms with E-state index >= 15 is 0 Å². The summed E-state index contributed by atoms with van der Waals surface area (Å²) in [5.74, 6) is -0.856. The Labute approximate surface area is 398 Å². The van der Waals surface area contributed by atoms with Crippen molar-refractivity contribution in [2.24, 2.45) is 0 Å².